The summed E-state index contributed by atoms with van der Waals surface area (Å²) in [5.41, 5.74) is 0. The van der Waals surface area contributed by atoms with Crippen molar-refractivity contribution in [3.05, 3.63) is 18.1 Å². The summed E-state index contributed by atoms with van der Waals surface area (Å²) in [6.07, 6.45) is 0. The highest BCUT2D eigenvalue weighted by atomic mass is 79.9. The van der Waals surface area contributed by atoms with Gasteiger partial charge < -0.3 is 0 Å². The molecule has 0 saturated carbocycles. The zero-order chi connectivity index (χ0) is 9.87. The summed E-state index contributed by atoms with van der Waals surface area (Å²) in [4.78, 5) is 0. The molecule has 0 fully saturated rings. The predicted molar refractivity (Wildman–Crippen MR) is 78.2 cm³/mol. The lowest BCUT2D eigenvalue weighted by Gasteiger charge is -1.86. The summed E-state index contributed by atoms with van der Waals surface area (Å²) in [7, 11) is 0. The molecule has 3 aromatic heterocycles. The SMILES string of the molecule is Brc1sc2sc3scc(Br)c3c2c1Br. The van der Waals surface area contributed by atoms with E-state index in [4.69, 9.17) is 0 Å². The molecule has 0 N–H and O–H groups in total. The molecule has 14 heavy (non-hydrogen) atoms. The summed E-state index contributed by atoms with van der Waals surface area (Å²) in [5.74, 6) is 0. The van der Waals surface area contributed by atoms with Gasteiger partial charge in [-0.3, -0.25) is 0 Å². The lowest BCUT2D eigenvalue weighted by atomic mass is 10.3. The minimum Gasteiger partial charge on any atom is -0.132 e. The average molecular weight is 433 g/mol. The van der Waals surface area contributed by atoms with Crippen LogP contribution in [0.1, 0.15) is 0 Å². The summed E-state index contributed by atoms with van der Waals surface area (Å²) in [6.45, 7) is 0. The first-order valence-corrected chi connectivity index (χ1v) is 8.50. The molecule has 0 unspecified atom stereocenters. The normalized spacial score (nSPS) is 11.9. The molecule has 6 heteroatoms. The Bertz CT molecular complexity index is 631. The van der Waals surface area contributed by atoms with Gasteiger partial charge in [-0.25, -0.2) is 0 Å². The van der Waals surface area contributed by atoms with Crippen LogP contribution in [0.5, 0.6) is 0 Å². The van der Waals surface area contributed by atoms with E-state index in [0.717, 1.165) is 0 Å². The Kier molecular flexibility index (Phi) is 2.58. The Morgan fingerprint density at radius 2 is 1.71 bits per heavy atom. The number of hydrogen-bond acceptors (Lipinski definition) is 3. The van der Waals surface area contributed by atoms with Gasteiger partial charge in [0.2, 0.25) is 0 Å². The van der Waals surface area contributed by atoms with Gasteiger partial charge in [-0.15, -0.1) is 34.0 Å². The van der Waals surface area contributed by atoms with Crippen molar-refractivity contribution in [3.8, 4) is 0 Å². The van der Waals surface area contributed by atoms with E-state index >= 15 is 0 Å². The van der Waals surface area contributed by atoms with Gasteiger partial charge in [0.25, 0.3) is 0 Å². The molecule has 0 nitrogen and oxygen atoms in total. The minimum absolute atomic E-state index is 1.18. The van der Waals surface area contributed by atoms with E-state index in [1.165, 1.54) is 31.5 Å². The van der Waals surface area contributed by atoms with Crippen LogP contribution >= 0.6 is 81.8 Å². The van der Waals surface area contributed by atoms with Crippen LogP contribution < -0.4 is 0 Å². The second-order valence-electron chi connectivity index (χ2n) is 2.70. The van der Waals surface area contributed by atoms with Gasteiger partial charge in [-0.2, -0.15) is 0 Å². The first-order valence-electron chi connectivity index (χ1n) is 3.61. The maximum atomic E-state index is 3.62. The molecule has 3 heterocycles. The molecule has 0 spiro atoms. The first kappa shape index (κ1) is 10.2. The zero-order valence-electron chi connectivity index (χ0n) is 6.44. The number of fused-ring (bicyclic) bond motifs is 3. The molecule has 0 aliphatic carbocycles. The Labute approximate surface area is 117 Å². The first-order chi connectivity index (χ1) is 6.68. The van der Waals surface area contributed by atoms with E-state index in [1.54, 1.807) is 22.7 Å². The van der Waals surface area contributed by atoms with Crippen LogP contribution in [-0.4, -0.2) is 0 Å². The highest BCUT2D eigenvalue weighted by Gasteiger charge is 2.17. The van der Waals surface area contributed by atoms with E-state index in [2.05, 4.69) is 53.2 Å². The smallest absolute Gasteiger partial charge is 0.0910 e. The largest absolute Gasteiger partial charge is 0.132 e. The molecule has 3 rings (SSSR count). The number of halogens is 3. The molecule has 72 valence electrons. The Balaban J connectivity index is 2.65. The third-order valence-electron chi connectivity index (χ3n) is 1.93. The van der Waals surface area contributed by atoms with Crippen LogP contribution in [0.3, 0.4) is 0 Å². The fourth-order valence-corrected chi connectivity index (χ4v) is 7.72. The van der Waals surface area contributed by atoms with Gasteiger partial charge in [0, 0.05) is 20.6 Å². The van der Waals surface area contributed by atoms with Gasteiger partial charge in [0.05, 0.1) is 16.3 Å². The van der Waals surface area contributed by atoms with E-state index in [1.807, 2.05) is 11.3 Å². The third kappa shape index (κ3) is 1.31. The van der Waals surface area contributed by atoms with Gasteiger partial charge in [0.15, 0.2) is 0 Å². The molecule has 0 aliphatic heterocycles. The maximum Gasteiger partial charge on any atom is 0.0910 e. The fourth-order valence-electron chi connectivity index (χ4n) is 1.35. The van der Waals surface area contributed by atoms with E-state index in [-0.39, 0.29) is 0 Å². The monoisotopic (exact) mass is 430 g/mol. The van der Waals surface area contributed by atoms with E-state index in [9.17, 15) is 0 Å². The minimum atomic E-state index is 1.18. The van der Waals surface area contributed by atoms with Gasteiger partial charge in [0.1, 0.15) is 0 Å². The van der Waals surface area contributed by atoms with Crippen LogP contribution in [0, 0.1) is 0 Å². The molecule has 0 amide bonds. The maximum absolute atomic E-state index is 3.62. The van der Waals surface area contributed by atoms with Crippen molar-refractivity contribution in [2.45, 2.75) is 0 Å². The van der Waals surface area contributed by atoms with Crippen LogP contribution in [0.4, 0.5) is 0 Å². The second kappa shape index (κ2) is 3.53. The molecule has 0 bridgehead atoms. The molecular formula is C8HBr3S3. The highest BCUT2D eigenvalue weighted by Crippen LogP contribution is 2.51. The van der Waals surface area contributed by atoms with Crippen molar-refractivity contribution in [1.82, 2.24) is 0 Å². The molecule has 0 radical (unpaired) electrons. The topological polar surface area (TPSA) is 0 Å². The van der Waals surface area contributed by atoms with Crippen LogP contribution in [0.2, 0.25) is 0 Å². The van der Waals surface area contributed by atoms with Crippen LogP contribution in [-0.2, 0) is 0 Å². The van der Waals surface area contributed by atoms with E-state index in [0.29, 0.717) is 0 Å². The molecular weight excluding hydrogens is 432 g/mol. The van der Waals surface area contributed by atoms with Gasteiger partial charge in [-0.05, 0) is 47.8 Å². The summed E-state index contributed by atoms with van der Waals surface area (Å²) in [6, 6.07) is 0. The lowest BCUT2D eigenvalue weighted by Crippen LogP contribution is -1.59. The second-order valence-corrected chi connectivity index (χ2v) is 9.10. The highest BCUT2D eigenvalue weighted by molar-refractivity contribution is 9.13. The predicted octanol–water partition coefficient (Wildman–Crippen LogP) is 6.46. The molecule has 0 atom stereocenters. The summed E-state index contributed by atoms with van der Waals surface area (Å²) in [5, 5.41) is 4.84. The summed E-state index contributed by atoms with van der Waals surface area (Å²) < 4.78 is 6.34. The van der Waals surface area contributed by atoms with Crippen LogP contribution in [0.15, 0.2) is 18.1 Å². The average Bonchev–Trinajstić information content (AvgIpc) is 2.71. The van der Waals surface area contributed by atoms with Crippen molar-refractivity contribution in [2.24, 2.45) is 0 Å². The number of thiophene rings is 3. The molecule has 0 saturated heterocycles. The van der Waals surface area contributed by atoms with Crippen molar-refractivity contribution in [2.75, 3.05) is 0 Å². The Hall–Kier alpha value is 1.06. The molecule has 0 aromatic carbocycles. The quantitative estimate of drug-likeness (QED) is 0.382. The zero-order valence-corrected chi connectivity index (χ0v) is 13.6. The van der Waals surface area contributed by atoms with Crippen LogP contribution in [0.25, 0.3) is 18.8 Å². The van der Waals surface area contributed by atoms with Crippen molar-refractivity contribution >= 4 is 101 Å². The van der Waals surface area contributed by atoms with Crippen molar-refractivity contribution in [1.29, 1.82) is 0 Å². The summed E-state index contributed by atoms with van der Waals surface area (Å²) >= 11 is 16.2. The molecule has 3 aromatic rings. The fraction of sp³-hybridized carbons (Fsp3) is 0. The third-order valence-corrected chi connectivity index (χ3v) is 8.69. The number of hydrogen-bond donors (Lipinski definition) is 0. The van der Waals surface area contributed by atoms with Gasteiger partial charge in [-0.1, -0.05) is 0 Å². The van der Waals surface area contributed by atoms with E-state index < -0.39 is 0 Å². The van der Waals surface area contributed by atoms with Crippen molar-refractivity contribution in [3.63, 3.8) is 0 Å². The standard InChI is InChI=1S/C8HBr3S3/c9-2-1-12-7-3(2)4-5(10)6(11)13-8(4)14-7/h1H. The van der Waals surface area contributed by atoms with Gasteiger partial charge >= 0.3 is 0 Å². The lowest BCUT2D eigenvalue weighted by molar-refractivity contribution is 1.94. The Morgan fingerprint density at radius 1 is 0.929 bits per heavy atom. The number of rotatable bonds is 0. The van der Waals surface area contributed by atoms with Crippen molar-refractivity contribution < 1.29 is 0 Å². The Morgan fingerprint density at radius 3 is 2.50 bits per heavy atom. The molecule has 0 aliphatic rings.